The monoisotopic (exact) mass is 652 g/mol. The number of hydrogen-bond donors (Lipinski definition) is 6. The predicted octanol–water partition coefficient (Wildman–Crippen LogP) is 3.81. The summed E-state index contributed by atoms with van der Waals surface area (Å²) in [7, 11) is 0. The lowest BCUT2D eigenvalue weighted by Gasteiger charge is -2.32. The van der Waals surface area contributed by atoms with Crippen LogP contribution >= 0.6 is 12.6 Å². The molecule has 0 radical (unpaired) electrons. The highest BCUT2D eigenvalue weighted by atomic mass is 32.1. The van der Waals surface area contributed by atoms with Crippen molar-refractivity contribution in [3.8, 4) is 0 Å². The highest BCUT2D eigenvalue weighted by molar-refractivity contribution is 7.80. The van der Waals surface area contributed by atoms with Gasteiger partial charge in [-0.05, 0) is 29.4 Å². The third-order valence-electron chi connectivity index (χ3n) is 8.81. The van der Waals surface area contributed by atoms with Gasteiger partial charge in [0.25, 0.3) is 0 Å². The number of carboxylic acid groups (broad SMARTS) is 1. The van der Waals surface area contributed by atoms with Crippen molar-refractivity contribution in [2.75, 3.05) is 5.75 Å². The summed E-state index contributed by atoms with van der Waals surface area (Å²) >= 11 is 4.06. The quantitative estimate of drug-likeness (QED) is 0.152. The smallest absolute Gasteiger partial charge is 0.327 e. The lowest BCUT2D eigenvalue weighted by atomic mass is 9.84. The van der Waals surface area contributed by atoms with Gasteiger partial charge in [0, 0.05) is 18.6 Å². The Kier molecular flexibility index (Phi) is 14.6. The first-order chi connectivity index (χ1) is 22.0. The van der Waals surface area contributed by atoms with E-state index in [-0.39, 0.29) is 17.6 Å². The molecule has 1 aliphatic carbocycles. The Morgan fingerprint density at radius 1 is 0.761 bits per heavy atom. The minimum absolute atomic E-state index is 0.106. The van der Waals surface area contributed by atoms with Gasteiger partial charge >= 0.3 is 5.97 Å². The average molecular weight is 653 g/mol. The number of amides is 4. The van der Waals surface area contributed by atoms with Crippen molar-refractivity contribution in [3.63, 3.8) is 0 Å². The summed E-state index contributed by atoms with van der Waals surface area (Å²) in [6, 6.07) is 14.5. The first kappa shape index (κ1) is 36.6. The lowest BCUT2D eigenvalue weighted by molar-refractivity contribution is -0.141. The molecule has 0 heterocycles. The fraction of sp³-hybridized carbons (Fsp3) is 0.514. The van der Waals surface area contributed by atoms with E-state index in [9.17, 15) is 29.1 Å². The SMILES string of the molecule is CC[C@H](C)[C@H](NC(=O)[C@@H](NC(C)=O)C(c1ccccc1)c1ccccc1)C(=O)N[C@@H](CC1CCCCC1)C(=O)N[C@@H](CS)C(=O)O. The molecule has 0 bridgehead atoms. The van der Waals surface area contributed by atoms with Gasteiger partial charge in [-0.25, -0.2) is 4.79 Å². The normalized spacial score (nSPS) is 16.7. The fourth-order valence-corrected chi connectivity index (χ4v) is 6.32. The first-order valence-electron chi connectivity index (χ1n) is 16.2. The zero-order chi connectivity index (χ0) is 33.6. The molecule has 11 heteroatoms. The molecule has 0 saturated heterocycles. The molecule has 0 unspecified atom stereocenters. The van der Waals surface area contributed by atoms with Gasteiger partial charge < -0.3 is 26.4 Å². The summed E-state index contributed by atoms with van der Waals surface area (Å²) in [5.41, 5.74) is 1.63. The maximum absolute atomic E-state index is 14.1. The molecule has 2 aromatic rings. The van der Waals surface area contributed by atoms with Crippen molar-refractivity contribution in [1.82, 2.24) is 21.3 Å². The highest BCUT2D eigenvalue weighted by Crippen LogP contribution is 2.30. The van der Waals surface area contributed by atoms with E-state index in [1.165, 1.54) is 6.92 Å². The van der Waals surface area contributed by atoms with Crippen LogP contribution in [0, 0.1) is 11.8 Å². The molecule has 250 valence electrons. The Balaban J connectivity index is 1.91. The van der Waals surface area contributed by atoms with Gasteiger partial charge in [0.05, 0.1) is 0 Å². The van der Waals surface area contributed by atoms with Crippen LogP contribution < -0.4 is 21.3 Å². The van der Waals surface area contributed by atoms with Crippen molar-refractivity contribution >= 4 is 42.2 Å². The van der Waals surface area contributed by atoms with Crippen LogP contribution in [-0.2, 0) is 24.0 Å². The van der Waals surface area contributed by atoms with Crippen molar-refractivity contribution < 1.29 is 29.1 Å². The molecular formula is C35H48N4O6S. The van der Waals surface area contributed by atoms with E-state index < -0.39 is 59.7 Å². The number of thiol groups is 1. The number of aliphatic carboxylic acids is 1. The van der Waals surface area contributed by atoms with E-state index in [1.54, 1.807) is 0 Å². The van der Waals surface area contributed by atoms with Gasteiger partial charge in [0.15, 0.2) is 0 Å². The Bertz CT molecular complexity index is 1270. The molecule has 2 aromatic carbocycles. The first-order valence-corrected chi connectivity index (χ1v) is 16.8. The molecule has 4 amide bonds. The zero-order valence-electron chi connectivity index (χ0n) is 26.9. The number of nitrogens with one attached hydrogen (secondary N) is 4. The van der Waals surface area contributed by atoms with Crippen LogP contribution in [0.1, 0.15) is 82.8 Å². The Labute approximate surface area is 277 Å². The number of carbonyl (C=O) groups is 5. The van der Waals surface area contributed by atoms with Gasteiger partial charge in [-0.2, -0.15) is 12.6 Å². The van der Waals surface area contributed by atoms with Crippen LogP contribution in [0.2, 0.25) is 0 Å². The van der Waals surface area contributed by atoms with Gasteiger partial charge in [-0.1, -0.05) is 113 Å². The van der Waals surface area contributed by atoms with E-state index in [4.69, 9.17) is 0 Å². The summed E-state index contributed by atoms with van der Waals surface area (Å²) in [5, 5.41) is 20.6. The van der Waals surface area contributed by atoms with E-state index in [0.29, 0.717) is 12.8 Å². The van der Waals surface area contributed by atoms with Crippen molar-refractivity contribution in [1.29, 1.82) is 0 Å². The topological polar surface area (TPSA) is 154 Å². The third-order valence-corrected chi connectivity index (χ3v) is 9.17. The van der Waals surface area contributed by atoms with Gasteiger partial charge in [-0.15, -0.1) is 0 Å². The molecule has 10 nitrogen and oxygen atoms in total. The summed E-state index contributed by atoms with van der Waals surface area (Å²) in [5.74, 6) is -4.08. The number of carboxylic acids is 1. The molecule has 1 fully saturated rings. The lowest BCUT2D eigenvalue weighted by Crippen LogP contribution is -2.60. The molecule has 1 saturated carbocycles. The second kappa shape index (κ2) is 18.3. The Morgan fingerprint density at radius 2 is 1.28 bits per heavy atom. The predicted molar refractivity (Wildman–Crippen MR) is 180 cm³/mol. The molecule has 5 N–H and O–H groups in total. The average Bonchev–Trinajstić information content (AvgIpc) is 3.06. The van der Waals surface area contributed by atoms with Gasteiger partial charge in [0.2, 0.25) is 23.6 Å². The minimum Gasteiger partial charge on any atom is -0.480 e. The largest absolute Gasteiger partial charge is 0.480 e. The molecular weight excluding hydrogens is 604 g/mol. The van der Waals surface area contributed by atoms with Crippen LogP contribution in [-0.4, -0.2) is 64.6 Å². The van der Waals surface area contributed by atoms with Crippen LogP contribution in [0.3, 0.4) is 0 Å². The summed E-state index contributed by atoms with van der Waals surface area (Å²) in [6.45, 7) is 5.08. The van der Waals surface area contributed by atoms with Crippen LogP contribution in [0.25, 0.3) is 0 Å². The second-order valence-electron chi connectivity index (χ2n) is 12.2. The molecule has 46 heavy (non-hydrogen) atoms. The van der Waals surface area contributed by atoms with E-state index in [1.807, 2.05) is 74.5 Å². The maximum Gasteiger partial charge on any atom is 0.327 e. The zero-order valence-corrected chi connectivity index (χ0v) is 27.8. The van der Waals surface area contributed by atoms with Crippen LogP contribution in [0.15, 0.2) is 60.7 Å². The van der Waals surface area contributed by atoms with Crippen molar-refractivity contribution in [3.05, 3.63) is 71.8 Å². The standard InChI is InChI=1S/C35H48N4O6S/c1-4-22(2)30(33(42)37-27(20-24-14-8-5-9-15-24)32(41)38-28(21-46)35(44)45)39-34(43)31(36-23(3)40)29(25-16-10-6-11-17-25)26-18-12-7-13-19-26/h6-7,10-13,16-19,22,24,27-31,46H,4-5,8-9,14-15,20-21H2,1-3H3,(H,36,40)(H,37,42)(H,38,41)(H,39,43)(H,44,45)/t22-,27-,28-,30-,31-/m0/s1. The van der Waals surface area contributed by atoms with E-state index >= 15 is 0 Å². The summed E-state index contributed by atoms with van der Waals surface area (Å²) in [4.78, 5) is 65.6. The molecule has 1 aliphatic rings. The number of rotatable bonds is 16. The fourth-order valence-electron chi connectivity index (χ4n) is 6.07. The van der Waals surface area contributed by atoms with Crippen molar-refractivity contribution in [2.24, 2.45) is 11.8 Å². The minimum atomic E-state index is -1.22. The highest BCUT2D eigenvalue weighted by Gasteiger charge is 2.37. The Hall–Kier alpha value is -3.86. The van der Waals surface area contributed by atoms with Gasteiger partial charge in [-0.3, -0.25) is 19.2 Å². The van der Waals surface area contributed by atoms with E-state index in [2.05, 4.69) is 33.9 Å². The Morgan fingerprint density at radius 3 is 1.76 bits per heavy atom. The van der Waals surface area contributed by atoms with Crippen molar-refractivity contribution in [2.45, 2.75) is 95.8 Å². The number of benzene rings is 2. The van der Waals surface area contributed by atoms with Crippen LogP contribution in [0.5, 0.6) is 0 Å². The molecule has 3 rings (SSSR count). The van der Waals surface area contributed by atoms with Gasteiger partial charge in [0.1, 0.15) is 24.2 Å². The summed E-state index contributed by atoms with van der Waals surface area (Å²) in [6.07, 6.45) is 5.91. The molecule has 5 atom stereocenters. The molecule has 0 aromatic heterocycles. The van der Waals surface area contributed by atoms with Crippen LogP contribution in [0.4, 0.5) is 0 Å². The number of carbonyl (C=O) groups excluding carboxylic acids is 4. The maximum atomic E-state index is 14.1. The second-order valence-corrected chi connectivity index (χ2v) is 12.6. The molecule has 0 aliphatic heterocycles. The third kappa shape index (κ3) is 10.6. The van der Waals surface area contributed by atoms with E-state index in [0.717, 1.165) is 43.2 Å². The summed E-state index contributed by atoms with van der Waals surface area (Å²) < 4.78 is 0. The molecule has 0 spiro atoms. The number of hydrogen-bond acceptors (Lipinski definition) is 6.